The van der Waals surface area contributed by atoms with Crippen LogP contribution in [0.5, 0.6) is 5.75 Å². The fraction of sp³-hybridized carbons (Fsp3) is 0.438. The summed E-state index contributed by atoms with van der Waals surface area (Å²) in [7, 11) is 1.68. The van der Waals surface area contributed by atoms with Crippen molar-refractivity contribution in [3.63, 3.8) is 0 Å². The first-order chi connectivity index (χ1) is 9.80. The molecule has 0 spiro atoms. The fourth-order valence-corrected chi connectivity index (χ4v) is 2.31. The molecule has 0 saturated carbocycles. The second-order valence-corrected chi connectivity index (χ2v) is 4.78. The van der Waals surface area contributed by atoms with E-state index in [9.17, 15) is 0 Å². The molecule has 0 aliphatic rings. The Morgan fingerprint density at radius 2 is 2.25 bits per heavy atom. The maximum atomic E-state index is 5.26. The van der Waals surface area contributed by atoms with E-state index in [1.165, 1.54) is 0 Å². The van der Waals surface area contributed by atoms with Crippen molar-refractivity contribution in [2.75, 3.05) is 20.2 Å². The number of aromatic nitrogens is 2. The monoisotopic (exact) mass is 273 g/mol. The summed E-state index contributed by atoms with van der Waals surface area (Å²) in [5.74, 6) is 1.94. The van der Waals surface area contributed by atoms with Gasteiger partial charge in [-0.15, -0.1) is 6.58 Å². The van der Waals surface area contributed by atoms with E-state index in [1.807, 2.05) is 18.2 Å². The summed E-state index contributed by atoms with van der Waals surface area (Å²) in [5.41, 5.74) is 2.12. The predicted molar refractivity (Wildman–Crippen MR) is 83.3 cm³/mol. The molecular weight excluding hydrogens is 250 g/mol. The van der Waals surface area contributed by atoms with Crippen molar-refractivity contribution in [3.8, 4) is 5.75 Å². The number of nitrogens with one attached hydrogen (secondary N) is 1. The van der Waals surface area contributed by atoms with Gasteiger partial charge in [-0.3, -0.25) is 0 Å². The molecule has 0 aliphatic heterocycles. The van der Waals surface area contributed by atoms with E-state index in [2.05, 4.69) is 29.5 Å². The molecule has 0 saturated heterocycles. The molecule has 0 radical (unpaired) electrons. The first-order valence-corrected chi connectivity index (χ1v) is 7.15. The van der Waals surface area contributed by atoms with Crippen LogP contribution in [0, 0.1) is 0 Å². The van der Waals surface area contributed by atoms with Crippen LogP contribution in [-0.4, -0.2) is 29.8 Å². The van der Waals surface area contributed by atoms with Gasteiger partial charge in [0.25, 0.3) is 0 Å². The number of hydrogen-bond acceptors (Lipinski definition) is 3. The van der Waals surface area contributed by atoms with Gasteiger partial charge in [0.1, 0.15) is 11.6 Å². The highest BCUT2D eigenvalue weighted by atomic mass is 16.5. The van der Waals surface area contributed by atoms with Gasteiger partial charge < -0.3 is 14.6 Å². The van der Waals surface area contributed by atoms with Crippen LogP contribution in [-0.2, 0) is 13.0 Å². The van der Waals surface area contributed by atoms with Crippen LogP contribution in [0.1, 0.15) is 19.2 Å². The maximum Gasteiger partial charge on any atom is 0.121 e. The van der Waals surface area contributed by atoms with Gasteiger partial charge in [-0.1, -0.05) is 13.0 Å². The number of nitrogens with zero attached hydrogens (tertiary/aromatic N) is 2. The largest absolute Gasteiger partial charge is 0.497 e. The average Bonchev–Trinajstić information content (AvgIpc) is 2.81. The van der Waals surface area contributed by atoms with Crippen molar-refractivity contribution in [1.82, 2.24) is 14.9 Å². The second-order valence-electron chi connectivity index (χ2n) is 4.78. The molecule has 1 N–H and O–H groups in total. The molecule has 20 heavy (non-hydrogen) atoms. The normalized spacial score (nSPS) is 10.9. The Labute approximate surface area is 120 Å². The van der Waals surface area contributed by atoms with Crippen LogP contribution in [0.25, 0.3) is 11.0 Å². The molecule has 4 nitrogen and oxygen atoms in total. The minimum absolute atomic E-state index is 0.784. The lowest BCUT2D eigenvalue weighted by molar-refractivity contribution is 0.415. The maximum absolute atomic E-state index is 5.26. The Kier molecular flexibility index (Phi) is 5.18. The van der Waals surface area contributed by atoms with Crippen LogP contribution >= 0.6 is 0 Å². The highest BCUT2D eigenvalue weighted by Crippen LogP contribution is 2.22. The third-order valence-corrected chi connectivity index (χ3v) is 3.30. The Morgan fingerprint density at radius 3 is 2.95 bits per heavy atom. The first-order valence-electron chi connectivity index (χ1n) is 7.15. The van der Waals surface area contributed by atoms with Gasteiger partial charge in [-0.25, -0.2) is 4.98 Å². The third-order valence-electron chi connectivity index (χ3n) is 3.30. The van der Waals surface area contributed by atoms with Gasteiger partial charge in [-0.2, -0.15) is 0 Å². The summed E-state index contributed by atoms with van der Waals surface area (Å²) >= 11 is 0. The molecule has 0 unspecified atom stereocenters. The van der Waals surface area contributed by atoms with Crippen LogP contribution < -0.4 is 10.1 Å². The summed E-state index contributed by atoms with van der Waals surface area (Å²) in [5, 5.41) is 3.42. The van der Waals surface area contributed by atoms with Gasteiger partial charge in [0.05, 0.1) is 18.1 Å². The number of imidazole rings is 1. The van der Waals surface area contributed by atoms with E-state index in [4.69, 9.17) is 9.72 Å². The molecular formula is C16H23N3O. The zero-order valence-corrected chi connectivity index (χ0v) is 12.4. The molecule has 0 bridgehead atoms. The lowest BCUT2D eigenvalue weighted by Crippen LogP contribution is -2.19. The average molecular weight is 273 g/mol. The Bertz CT molecular complexity index is 574. The van der Waals surface area contributed by atoms with Gasteiger partial charge in [0.2, 0.25) is 0 Å². The standard InChI is InChI=1S/C16H23N3O/c1-4-9-17-10-8-16-18-14-12-13(20-3)6-7-15(14)19(16)11-5-2/h5-7,12,17H,2,4,8-11H2,1,3H3. The van der Waals surface area contributed by atoms with Crippen molar-refractivity contribution >= 4 is 11.0 Å². The Morgan fingerprint density at radius 1 is 1.40 bits per heavy atom. The van der Waals surface area contributed by atoms with Crippen LogP contribution in [0.3, 0.4) is 0 Å². The number of fused-ring (bicyclic) bond motifs is 1. The summed E-state index contributed by atoms with van der Waals surface area (Å²) < 4.78 is 7.48. The molecule has 2 rings (SSSR count). The molecule has 1 aromatic heterocycles. The number of ether oxygens (including phenoxy) is 1. The topological polar surface area (TPSA) is 39.1 Å². The number of allylic oxidation sites excluding steroid dienone is 1. The van der Waals surface area contributed by atoms with E-state index < -0.39 is 0 Å². The summed E-state index contributed by atoms with van der Waals surface area (Å²) in [6.07, 6.45) is 3.99. The molecule has 2 aromatic rings. The minimum atomic E-state index is 0.784. The zero-order chi connectivity index (χ0) is 14.4. The SMILES string of the molecule is C=CCn1c(CCNCCC)nc2cc(OC)ccc21. The van der Waals surface area contributed by atoms with Gasteiger partial charge in [0.15, 0.2) is 0 Å². The summed E-state index contributed by atoms with van der Waals surface area (Å²) in [6, 6.07) is 6.02. The highest BCUT2D eigenvalue weighted by Gasteiger charge is 2.10. The molecule has 4 heteroatoms. The second kappa shape index (κ2) is 7.10. The number of rotatable bonds is 8. The highest BCUT2D eigenvalue weighted by molar-refractivity contribution is 5.77. The van der Waals surface area contributed by atoms with Gasteiger partial charge in [-0.05, 0) is 25.1 Å². The molecule has 0 amide bonds. The predicted octanol–water partition coefficient (Wildman–Crippen LogP) is 2.77. The first kappa shape index (κ1) is 14.6. The molecule has 0 fully saturated rings. The molecule has 1 aromatic carbocycles. The van der Waals surface area contributed by atoms with Gasteiger partial charge in [0, 0.05) is 25.6 Å². The van der Waals surface area contributed by atoms with Crippen molar-refractivity contribution in [2.24, 2.45) is 0 Å². The van der Waals surface area contributed by atoms with Crippen LogP contribution in [0.2, 0.25) is 0 Å². The summed E-state index contributed by atoms with van der Waals surface area (Å²) in [4.78, 5) is 4.73. The lowest BCUT2D eigenvalue weighted by Gasteiger charge is -2.07. The van der Waals surface area contributed by atoms with Crippen molar-refractivity contribution in [3.05, 3.63) is 36.7 Å². The van der Waals surface area contributed by atoms with Crippen molar-refractivity contribution in [1.29, 1.82) is 0 Å². The van der Waals surface area contributed by atoms with Crippen LogP contribution in [0.4, 0.5) is 0 Å². The van der Waals surface area contributed by atoms with E-state index in [1.54, 1.807) is 7.11 Å². The van der Waals surface area contributed by atoms with Gasteiger partial charge >= 0.3 is 0 Å². The molecule has 0 atom stereocenters. The Balaban J connectivity index is 2.26. The molecule has 0 aliphatic carbocycles. The number of benzene rings is 1. The third kappa shape index (κ3) is 3.20. The van der Waals surface area contributed by atoms with Crippen molar-refractivity contribution in [2.45, 2.75) is 26.3 Å². The number of hydrogen-bond donors (Lipinski definition) is 1. The minimum Gasteiger partial charge on any atom is -0.497 e. The van der Waals surface area contributed by atoms with Crippen molar-refractivity contribution < 1.29 is 4.74 Å². The van der Waals surface area contributed by atoms with Crippen LogP contribution in [0.15, 0.2) is 30.9 Å². The van der Waals surface area contributed by atoms with E-state index >= 15 is 0 Å². The summed E-state index contributed by atoms with van der Waals surface area (Å²) in [6.45, 7) is 8.80. The van der Waals surface area contributed by atoms with E-state index in [-0.39, 0.29) is 0 Å². The molecule has 108 valence electrons. The number of methoxy groups -OCH3 is 1. The Hall–Kier alpha value is -1.81. The fourth-order valence-electron chi connectivity index (χ4n) is 2.31. The molecule has 1 heterocycles. The van der Waals surface area contributed by atoms with E-state index in [0.29, 0.717) is 0 Å². The zero-order valence-electron chi connectivity index (χ0n) is 12.4. The van der Waals surface area contributed by atoms with E-state index in [0.717, 1.165) is 55.1 Å². The smallest absolute Gasteiger partial charge is 0.121 e. The lowest BCUT2D eigenvalue weighted by atomic mass is 10.3. The quantitative estimate of drug-likeness (QED) is 0.594.